The molecule has 0 aliphatic rings. The Morgan fingerprint density at radius 2 is 2.25 bits per heavy atom. The highest BCUT2D eigenvalue weighted by molar-refractivity contribution is 9.10. The van der Waals surface area contributed by atoms with Crippen molar-refractivity contribution in [2.75, 3.05) is 6.54 Å². The average Bonchev–Trinajstić information content (AvgIpc) is 2.67. The molecule has 2 rings (SSSR count). The highest BCUT2D eigenvalue weighted by atomic mass is 79.9. The van der Waals surface area contributed by atoms with Gasteiger partial charge in [0, 0.05) is 17.4 Å². The van der Waals surface area contributed by atoms with Crippen molar-refractivity contribution in [3.8, 4) is 11.3 Å². The fourth-order valence-corrected chi connectivity index (χ4v) is 1.94. The molecule has 2 aromatic rings. The summed E-state index contributed by atoms with van der Waals surface area (Å²) in [4.78, 5) is 4.03. The van der Waals surface area contributed by atoms with Crippen LogP contribution in [-0.2, 0) is 6.42 Å². The van der Waals surface area contributed by atoms with Gasteiger partial charge in [-0.2, -0.15) is 0 Å². The van der Waals surface area contributed by atoms with E-state index in [1.54, 1.807) is 12.1 Å². The lowest BCUT2D eigenvalue weighted by atomic mass is 10.2. The molecule has 1 heterocycles. The van der Waals surface area contributed by atoms with Crippen LogP contribution in [-0.4, -0.2) is 11.5 Å². The average molecular weight is 285 g/mol. The number of nitrogens with zero attached hydrogens (tertiary/aromatic N) is 1. The van der Waals surface area contributed by atoms with E-state index in [1.807, 2.05) is 0 Å². The molecule has 2 N–H and O–H groups in total. The number of aromatic nitrogens is 1. The molecule has 0 aliphatic carbocycles. The lowest BCUT2D eigenvalue weighted by molar-refractivity contribution is 0.503. The Morgan fingerprint density at radius 3 is 2.94 bits per heavy atom. The molecule has 0 amide bonds. The summed E-state index contributed by atoms with van der Waals surface area (Å²) in [6, 6.07) is 4.76. The first-order chi connectivity index (χ1) is 7.72. The molecule has 0 radical (unpaired) electrons. The van der Waals surface area contributed by atoms with Crippen molar-refractivity contribution in [1.29, 1.82) is 0 Å². The summed E-state index contributed by atoms with van der Waals surface area (Å²) in [6.45, 7) is 0.457. The third-order valence-electron chi connectivity index (χ3n) is 2.12. The molecule has 3 nitrogen and oxygen atoms in total. The Balaban J connectivity index is 2.42. The van der Waals surface area contributed by atoms with Gasteiger partial charge >= 0.3 is 0 Å². The fourth-order valence-electron chi connectivity index (χ4n) is 1.40. The predicted molar refractivity (Wildman–Crippen MR) is 62.4 cm³/mol. The summed E-state index contributed by atoms with van der Waals surface area (Å²) in [5.74, 6) is 0.589. The first kappa shape index (κ1) is 11.3. The van der Waals surface area contributed by atoms with Crippen LogP contribution >= 0.6 is 15.9 Å². The molecule has 0 bridgehead atoms. The molecular formula is C11H10BrFN2O. The van der Waals surface area contributed by atoms with E-state index in [-0.39, 0.29) is 5.82 Å². The minimum atomic E-state index is -0.343. The Bertz CT molecular complexity index is 478. The number of hydrogen-bond acceptors (Lipinski definition) is 3. The van der Waals surface area contributed by atoms with Crippen molar-refractivity contribution in [3.63, 3.8) is 0 Å². The third kappa shape index (κ3) is 2.15. The fraction of sp³-hybridized carbons (Fsp3) is 0.182. The zero-order valence-electron chi connectivity index (χ0n) is 8.41. The Labute approximate surface area is 101 Å². The molecule has 1 aromatic heterocycles. The molecular weight excluding hydrogens is 275 g/mol. The van der Waals surface area contributed by atoms with Crippen molar-refractivity contribution in [2.45, 2.75) is 6.42 Å². The van der Waals surface area contributed by atoms with E-state index < -0.39 is 0 Å². The summed E-state index contributed by atoms with van der Waals surface area (Å²) in [5, 5.41) is 0. The van der Waals surface area contributed by atoms with Crippen molar-refractivity contribution >= 4 is 15.9 Å². The van der Waals surface area contributed by atoms with Gasteiger partial charge in [0.15, 0.2) is 11.7 Å². The molecule has 5 heteroatoms. The van der Waals surface area contributed by atoms with Crippen LogP contribution in [0, 0.1) is 5.82 Å². The topological polar surface area (TPSA) is 52.0 Å². The van der Waals surface area contributed by atoms with Crippen molar-refractivity contribution < 1.29 is 8.81 Å². The second-order valence-corrected chi connectivity index (χ2v) is 4.11. The molecule has 0 saturated heterocycles. The van der Waals surface area contributed by atoms with Crippen LogP contribution in [0.3, 0.4) is 0 Å². The molecule has 0 spiro atoms. The zero-order chi connectivity index (χ0) is 11.5. The molecule has 0 saturated carbocycles. The number of oxazole rings is 1. The van der Waals surface area contributed by atoms with Crippen LogP contribution in [0.4, 0.5) is 4.39 Å². The van der Waals surface area contributed by atoms with Gasteiger partial charge in [-0.25, -0.2) is 9.37 Å². The van der Waals surface area contributed by atoms with E-state index in [1.165, 1.54) is 12.3 Å². The van der Waals surface area contributed by atoms with Crippen molar-refractivity contribution in [3.05, 3.63) is 40.6 Å². The van der Waals surface area contributed by atoms with Crippen LogP contribution in [0.5, 0.6) is 0 Å². The van der Waals surface area contributed by atoms with Gasteiger partial charge < -0.3 is 10.2 Å². The van der Waals surface area contributed by atoms with Crippen molar-refractivity contribution in [1.82, 2.24) is 4.98 Å². The summed E-state index contributed by atoms with van der Waals surface area (Å²) in [7, 11) is 0. The number of benzene rings is 1. The predicted octanol–water partition coefficient (Wildman–Crippen LogP) is 2.74. The lowest BCUT2D eigenvalue weighted by Crippen LogP contribution is -2.02. The minimum absolute atomic E-state index is 0.343. The zero-order valence-corrected chi connectivity index (χ0v) is 10.00. The van der Waals surface area contributed by atoms with Gasteiger partial charge in [0.1, 0.15) is 5.82 Å². The second-order valence-electron chi connectivity index (χ2n) is 3.25. The summed E-state index contributed by atoms with van der Waals surface area (Å²) >= 11 is 3.28. The molecule has 0 fully saturated rings. The van der Waals surface area contributed by atoms with E-state index in [9.17, 15) is 4.39 Å². The van der Waals surface area contributed by atoms with Gasteiger partial charge in [0.25, 0.3) is 0 Å². The maximum absolute atomic E-state index is 13.6. The van der Waals surface area contributed by atoms with Crippen LogP contribution in [0.1, 0.15) is 5.89 Å². The Kier molecular flexibility index (Phi) is 3.36. The molecule has 0 aliphatic heterocycles. The van der Waals surface area contributed by atoms with Crippen LogP contribution in [0.2, 0.25) is 0 Å². The minimum Gasteiger partial charge on any atom is -0.441 e. The van der Waals surface area contributed by atoms with Crippen LogP contribution in [0.25, 0.3) is 11.3 Å². The van der Waals surface area contributed by atoms with Crippen LogP contribution in [0.15, 0.2) is 33.3 Å². The van der Waals surface area contributed by atoms with E-state index >= 15 is 0 Å². The monoisotopic (exact) mass is 284 g/mol. The number of nitrogens with two attached hydrogens (primary N) is 1. The van der Waals surface area contributed by atoms with Gasteiger partial charge in [-0.1, -0.05) is 6.07 Å². The SMILES string of the molecule is NCCc1ncc(-c2c(F)cccc2Br)o1. The second kappa shape index (κ2) is 4.76. The third-order valence-corrected chi connectivity index (χ3v) is 2.78. The van der Waals surface area contributed by atoms with E-state index in [4.69, 9.17) is 10.2 Å². The van der Waals surface area contributed by atoms with Crippen LogP contribution < -0.4 is 5.73 Å². The summed E-state index contributed by atoms with van der Waals surface area (Å²) in [5.41, 5.74) is 5.77. The van der Waals surface area contributed by atoms with Gasteiger partial charge in [-0.15, -0.1) is 0 Å². The molecule has 16 heavy (non-hydrogen) atoms. The van der Waals surface area contributed by atoms with Gasteiger partial charge in [-0.3, -0.25) is 0 Å². The standard InChI is InChI=1S/C11H10BrFN2O/c12-7-2-1-3-8(13)11(7)9-6-15-10(16-9)4-5-14/h1-3,6H,4-5,14H2. The normalized spacial score (nSPS) is 10.7. The lowest BCUT2D eigenvalue weighted by Gasteiger charge is -2.01. The molecule has 0 atom stereocenters. The largest absolute Gasteiger partial charge is 0.441 e. The Morgan fingerprint density at radius 1 is 1.44 bits per heavy atom. The number of hydrogen-bond donors (Lipinski definition) is 1. The number of halogens is 2. The molecule has 84 valence electrons. The van der Waals surface area contributed by atoms with Gasteiger partial charge in [0.05, 0.1) is 11.8 Å². The first-order valence-corrected chi connectivity index (χ1v) is 5.61. The van der Waals surface area contributed by atoms with Gasteiger partial charge in [-0.05, 0) is 28.1 Å². The smallest absolute Gasteiger partial charge is 0.196 e. The maximum Gasteiger partial charge on any atom is 0.196 e. The van der Waals surface area contributed by atoms with E-state index in [0.717, 1.165) is 0 Å². The van der Waals surface area contributed by atoms with Gasteiger partial charge in [0.2, 0.25) is 0 Å². The first-order valence-electron chi connectivity index (χ1n) is 4.81. The number of rotatable bonds is 3. The maximum atomic E-state index is 13.6. The Hall–Kier alpha value is -1.20. The quantitative estimate of drug-likeness (QED) is 0.943. The van der Waals surface area contributed by atoms with Crippen molar-refractivity contribution in [2.24, 2.45) is 5.73 Å². The highest BCUT2D eigenvalue weighted by Gasteiger charge is 2.13. The molecule has 1 aromatic carbocycles. The van der Waals surface area contributed by atoms with E-state index in [0.29, 0.717) is 34.7 Å². The summed E-state index contributed by atoms with van der Waals surface area (Å²) < 4.78 is 19.6. The summed E-state index contributed by atoms with van der Waals surface area (Å²) in [6.07, 6.45) is 2.06. The van der Waals surface area contributed by atoms with E-state index in [2.05, 4.69) is 20.9 Å². The molecule has 0 unspecified atom stereocenters. The highest BCUT2D eigenvalue weighted by Crippen LogP contribution is 2.31.